The van der Waals surface area contributed by atoms with Crippen molar-refractivity contribution in [3.8, 4) is 17.2 Å². The van der Waals surface area contributed by atoms with Gasteiger partial charge >= 0.3 is 0 Å². The first-order valence-corrected chi connectivity index (χ1v) is 8.01. The average Bonchev–Trinajstić information content (AvgIpc) is 2.52. The maximum atomic E-state index is 5.54. The molecule has 2 aromatic carbocycles. The van der Waals surface area contributed by atoms with Gasteiger partial charge in [0.25, 0.3) is 0 Å². The zero-order valence-corrected chi connectivity index (χ0v) is 15.2. The first-order valence-electron chi connectivity index (χ1n) is 6.30. The summed E-state index contributed by atoms with van der Waals surface area (Å²) in [5, 5.41) is 0. The summed E-state index contributed by atoms with van der Waals surface area (Å²) < 4.78 is 17.3. The van der Waals surface area contributed by atoms with Crippen molar-refractivity contribution in [1.82, 2.24) is 0 Å². The SMILES string of the molecule is COc1ccc(C(Br)c2cccc(Br)c2)c(OC)c1OC. The molecule has 0 fully saturated rings. The lowest BCUT2D eigenvalue weighted by atomic mass is 10.0. The normalized spacial score (nSPS) is 11.9. The molecule has 0 aliphatic carbocycles. The van der Waals surface area contributed by atoms with E-state index in [9.17, 15) is 0 Å². The molecule has 1 unspecified atom stereocenters. The van der Waals surface area contributed by atoms with E-state index in [-0.39, 0.29) is 4.83 Å². The maximum absolute atomic E-state index is 5.54. The van der Waals surface area contributed by atoms with E-state index in [1.807, 2.05) is 24.3 Å². The molecular weight excluding hydrogens is 400 g/mol. The molecule has 0 saturated carbocycles. The third-order valence-corrected chi connectivity index (χ3v) is 4.66. The lowest BCUT2D eigenvalue weighted by Crippen LogP contribution is -2.01. The van der Waals surface area contributed by atoms with Crippen molar-refractivity contribution in [3.05, 3.63) is 52.0 Å². The summed E-state index contributed by atoms with van der Waals surface area (Å²) in [6, 6.07) is 12.0. The van der Waals surface area contributed by atoms with Gasteiger partial charge in [0, 0.05) is 10.0 Å². The lowest BCUT2D eigenvalue weighted by Gasteiger charge is -2.19. The van der Waals surface area contributed by atoms with Crippen LogP contribution in [0, 0.1) is 0 Å². The fourth-order valence-corrected chi connectivity index (χ4v) is 3.23. The van der Waals surface area contributed by atoms with Gasteiger partial charge in [0.05, 0.1) is 26.2 Å². The van der Waals surface area contributed by atoms with E-state index in [0.717, 1.165) is 15.6 Å². The van der Waals surface area contributed by atoms with Crippen molar-refractivity contribution in [1.29, 1.82) is 0 Å². The number of hydrogen-bond donors (Lipinski definition) is 0. The first kappa shape index (κ1) is 16.2. The van der Waals surface area contributed by atoms with E-state index in [0.29, 0.717) is 17.2 Å². The van der Waals surface area contributed by atoms with Gasteiger partial charge in [-0.2, -0.15) is 0 Å². The molecule has 0 aliphatic heterocycles. The molecule has 0 heterocycles. The molecule has 0 radical (unpaired) electrons. The molecule has 0 aromatic heterocycles. The largest absolute Gasteiger partial charge is 0.493 e. The van der Waals surface area contributed by atoms with Crippen LogP contribution in [-0.4, -0.2) is 21.3 Å². The number of benzene rings is 2. The summed E-state index contributed by atoms with van der Waals surface area (Å²) in [5.74, 6) is 1.91. The molecule has 1 atom stereocenters. The molecule has 2 rings (SSSR count). The predicted molar refractivity (Wildman–Crippen MR) is 91.0 cm³/mol. The Balaban J connectivity index is 2.53. The summed E-state index contributed by atoms with van der Waals surface area (Å²) in [7, 11) is 4.84. The highest BCUT2D eigenvalue weighted by atomic mass is 79.9. The maximum Gasteiger partial charge on any atom is 0.203 e. The fourth-order valence-electron chi connectivity index (χ4n) is 2.17. The van der Waals surface area contributed by atoms with Gasteiger partial charge in [-0.25, -0.2) is 0 Å². The van der Waals surface area contributed by atoms with E-state index in [4.69, 9.17) is 14.2 Å². The van der Waals surface area contributed by atoms with E-state index in [1.54, 1.807) is 21.3 Å². The van der Waals surface area contributed by atoms with Crippen molar-refractivity contribution < 1.29 is 14.2 Å². The van der Waals surface area contributed by atoms with Crippen LogP contribution >= 0.6 is 31.9 Å². The second-order valence-corrected chi connectivity index (χ2v) is 6.17. The minimum Gasteiger partial charge on any atom is -0.493 e. The third kappa shape index (κ3) is 3.35. The predicted octanol–water partition coefficient (Wildman–Crippen LogP) is 4.96. The van der Waals surface area contributed by atoms with Gasteiger partial charge in [-0.15, -0.1) is 0 Å². The van der Waals surface area contributed by atoms with Gasteiger partial charge in [0.1, 0.15) is 0 Å². The zero-order chi connectivity index (χ0) is 15.4. The highest BCUT2D eigenvalue weighted by Crippen LogP contribution is 2.46. The molecule has 21 heavy (non-hydrogen) atoms. The molecule has 5 heteroatoms. The Morgan fingerprint density at radius 2 is 1.62 bits per heavy atom. The van der Waals surface area contributed by atoms with Gasteiger partial charge in [0.15, 0.2) is 11.5 Å². The minimum absolute atomic E-state index is 0.00949. The Morgan fingerprint density at radius 3 is 2.19 bits per heavy atom. The van der Waals surface area contributed by atoms with Gasteiger partial charge in [-0.05, 0) is 29.8 Å². The molecule has 2 aromatic rings. The van der Waals surface area contributed by atoms with Crippen LogP contribution < -0.4 is 14.2 Å². The van der Waals surface area contributed by atoms with E-state index < -0.39 is 0 Å². The van der Waals surface area contributed by atoms with Crippen molar-refractivity contribution in [3.63, 3.8) is 0 Å². The molecule has 0 saturated heterocycles. The molecule has 0 aliphatic rings. The molecule has 0 spiro atoms. The molecule has 3 nitrogen and oxygen atoms in total. The molecular formula is C16H16Br2O3. The van der Waals surface area contributed by atoms with Gasteiger partial charge < -0.3 is 14.2 Å². The monoisotopic (exact) mass is 414 g/mol. The van der Waals surface area contributed by atoms with Crippen molar-refractivity contribution in [2.24, 2.45) is 0 Å². The Kier molecular flexibility index (Phi) is 5.53. The third-order valence-electron chi connectivity index (χ3n) is 3.15. The average molecular weight is 416 g/mol. The van der Waals surface area contributed by atoms with Crippen LogP contribution in [0.4, 0.5) is 0 Å². The van der Waals surface area contributed by atoms with Gasteiger partial charge in [0.2, 0.25) is 5.75 Å². The van der Waals surface area contributed by atoms with Crippen molar-refractivity contribution in [2.45, 2.75) is 4.83 Å². The molecule has 0 N–H and O–H groups in total. The van der Waals surface area contributed by atoms with Crippen LogP contribution in [0.5, 0.6) is 17.2 Å². The standard InChI is InChI=1S/C16H16Br2O3/c1-19-13-8-7-12(15(20-2)16(13)21-3)14(18)10-5-4-6-11(17)9-10/h4-9,14H,1-3H3. The number of methoxy groups -OCH3 is 3. The van der Waals surface area contributed by atoms with Crippen molar-refractivity contribution >= 4 is 31.9 Å². The summed E-state index contributed by atoms with van der Waals surface area (Å²) in [5.41, 5.74) is 2.10. The van der Waals surface area contributed by atoms with Crippen LogP contribution in [0.15, 0.2) is 40.9 Å². The van der Waals surface area contributed by atoms with Crippen LogP contribution in [0.1, 0.15) is 16.0 Å². The topological polar surface area (TPSA) is 27.7 Å². The summed E-state index contributed by atoms with van der Waals surface area (Å²) >= 11 is 7.23. The number of hydrogen-bond acceptors (Lipinski definition) is 3. The van der Waals surface area contributed by atoms with Crippen molar-refractivity contribution in [2.75, 3.05) is 21.3 Å². The Bertz CT molecular complexity index is 629. The van der Waals surface area contributed by atoms with Crippen LogP contribution in [-0.2, 0) is 0 Å². The minimum atomic E-state index is -0.00949. The molecule has 0 bridgehead atoms. The number of ether oxygens (including phenoxy) is 3. The Labute approximate surface area is 141 Å². The lowest BCUT2D eigenvalue weighted by molar-refractivity contribution is 0.322. The van der Waals surface area contributed by atoms with Crippen LogP contribution in [0.25, 0.3) is 0 Å². The smallest absolute Gasteiger partial charge is 0.203 e. The fraction of sp³-hybridized carbons (Fsp3) is 0.250. The number of rotatable bonds is 5. The van der Waals surface area contributed by atoms with Crippen LogP contribution in [0.3, 0.4) is 0 Å². The first-order chi connectivity index (χ1) is 10.1. The van der Waals surface area contributed by atoms with Gasteiger partial charge in [-0.1, -0.05) is 44.0 Å². The summed E-state index contributed by atoms with van der Waals surface area (Å²) in [6.07, 6.45) is 0. The summed E-state index contributed by atoms with van der Waals surface area (Å²) in [6.45, 7) is 0. The second kappa shape index (κ2) is 7.18. The molecule has 112 valence electrons. The second-order valence-electron chi connectivity index (χ2n) is 4.34. The Morgan fingerprint density at radius 1 is 0.905 bits per heavy atom. The Hall–Kier alpha value is -1.20. The summed E-state index contributed by atoms with van der Waals surface area (Å²) in [4.78, 5) is -0.00949. The van der Waals surface area contributed by atoms with E-state index >= 15 is 0 Å². The van der Waals surface area contributed by atoms with Gasteiger partial charge in [-0.3, -0.25) is 0 Å². The van der Waals surface area contributed by atoms with Crippen LogP contribution in [0.2, 0.25) is 0 Å². The number of alkyl halides is 1. The highest BCUT2D eigenvalue weighted by Gasteiger charge is 2.21. The van der Waals surface area contributed by atoms with E-state index in [2.05, 4.69) is 44.0 Å². The zero-order valence-electron chi connectivity index (χ0n) is 12.0. The number of halogens is 2. The highest BCUT2D eigenvalue weighted by molar-refractivity contribution is 9.10. The quantitative estimate of drug-likeness (QED) is 0.646. The van der Waals surface area contributed by atoms with E-state index in [1.165, 1.54) is 0 Å². The molecule has 0 amide bonds.